The third-order valence-corrected chi connectivity index (χ3v) is 6.61. The van der Waals surface area contributed by atoms with Crippen molar-refractivity contribution in [3.63, 3.8) is 0 Å². The van der Waals surface area contributed by atoms with Crippen molar-refractivity contribution in [2.45, 2.75) is 49.4 Å². The molecule has 5 heteroatoms. The monoisotopic (exact) mass is 308 g/mol. The molecule has 4 nitrogen and oxygen atoms in total. The van der Waals surface area contributed by atoms with Crippen LogP contribution in [0.5, 0.6) is 0 Å². The Balaban J connectivity index is 1.86. The molecule has 0 amide bonds. The number of rotatable bonds is 2. The van der Waals surface area contributed by atoms with E-state index in [9.17, 15) is 8.42 Å². The third-order valence-electron chi connectivity index (χ3n) is 4.97. The summed E-state index contributed by atoms with van der Waals surface area (Å²) in [6.07, 6.45) is 5.95. The zero-order chi connectivity index (χ0) is 15.0. The average Bonchev–Trinajstić information content (AvgIpc) is 2.47. The van der Waals surface area contributed by atoms with E-state index in [0.717, 1.165) is 38.6 Å². The average molecular weight is 308 g/mol. The van der Waals surface area contributed by atoms with Crippen LogP contribution in [-0.2, 0) is 9.84 Å². The molecule has 21 heavy (non-hydrogen) atoms. The third kappa shape index (κ3) is 2.94. The molecule has 1 saturated carbocycles. The molecule has 0 aromatic heterocycles. The van der Waals surface area contributed by atoms with Crippen molar-refractivity contribution in [2.24, 2.45) is 5.73 Å². The Labute approximate surface area is 127 Å². The molecule has 0 radical (unpaired) electrons. The number of hydrogen-bond donors (Lipinski definition) is 1. The van der Waals surface area contributed by atoms with Gasteiger partial charge in [0, 0.05) is 30.6 Å². The maximum Gasteiger partial charge on any atom is 0.150 e. The van der Waals surface area contributed by atoms with Crippen molar-refractivity contribution in [1.29, 1.82) is 0 Å². The summed E-state index contributed by atoms with van der Waals surface area (Å²) in [5.74, 6) is 0. The van der Waals surface area contributed by atoms with Gasteiger partial charge in [0.1, 0.15) is 9.84 Å². The fraction of sp³-hybridized carbons (Fsp3) is 0.625. The summed E-state index contributed by atoms with van der Waals surface area (Å²) in [7, 11) is -2.94. The largest absolute Gasteiger partial charge is 0.368 e. The van der Waals surface area contributed by atoms with Crippen LogP contribution >= 0.6 is 0 Å². The summed E-state index contributed by atoms with van der Waals surface area (Å²) < 4.78 is 23.7. The Hall–Kier alpha value is -1.07. The highest BCUT2D eigenvalue weighted by molar-refractivity contribution is 7.91. The van der Waals surface area contributed by atoms with Crippen LogP contribution in [0, 0.1) is 0 Å². The van der Waals surface area contributed by atoms with E-state index in [-0.39, 0.29) is 11.3 Å². The molecule has 1 aliphatic carbocycles. The lowest BCUT2D eigenvalue weighted by Crippen LogP contribution is -2.45. The van der Waals surface area contributed by atoms with E-state index < -0.39 is 9.84 Å². The van der Waals surface area contributed by atoms with E-state index in [1.54, 1.807) is 0 Å². The first-order chi connectivity index (χ1) is 9.97. The molecule has 3 unspecified atom stereocenters. The van der Waals surface area contributed by atoms with Crippen LogP contribution in [0.15, 0.2) is 24.3 Å². The molecular weight excluding hydrogens is 284 g/mol. The van der Waals surface area contributed by atoms with Gasteiger partial charge in [0.05, 0.1) is 5.25 Å². The molecule has 3 rings (SSSR count). The first-order valence-electron chi connectivity index (χ1n) is 7.77. The van der Waals surface area contributed by atoms with Crippen molar-refractivity contribution in [3.05, 3.63) is 29.8 Å². The van der Waals surface area contributed by atoms with Crippen molar-refractivity contribution < 1.29 is 8.42 Å². The van der Waals surface area contributed by atoms with Crippen LogP contribution in [0.4, 0.5) is 5.69 Å². The molecule has 1 heterocycles. The number of fused-ring (bicyclic) bond motifs is 1. The Morgan fingerprint density at radius 1 is 1.19 bits per heavy atom. The van der Waals surface area contributed by atoms with Crippen molar-refractivity contribution in [2.75, 3.05) is 17.7 Å². The van der Waals surface area contributed by atoms with Crippen molar-refractivity contribution >= 4 is 15.5 Å². The lowest BCUT2D eigenvalue weighted by atomic mass is 9.89. The predicted molar refractivity (Wildman–Crippen MR) is 86.2 cm³/mol. The van der Waals surface area contributed by atoms with Crippen LogP contribution in [0.1, 0.15) is 43.7 Å². The number of benzene rings is 1. The molecule has 2 aliphatic rings. The van der Waals surface area contributed by atoms with Gasteiger partial charge in [-0.3, -0.25) is 0 Å². The molecule has 1 aliphatic heterocycles. The number of para-hydroxylation sites is 1. The van der Waals surface area contributed by atoms with Gasteiger partial charge < -0.3 is 10.6 Å². The summed E-state index contributed by atoms with van der Waals surface area (Å²) >= 11 is 0. The Morgan fingerprint density at radius 3 is 2.71 bits per heavy atom. The van der Waals surface area contributed by atoms with Crippen LogP contribution in [0.3, 0.4) is 0 Å². The molecular formula is C16H24N2O2S. The minimum atomic E-state index is -2.94. The Bertz CT molecular complexity index is 614. The SMILES string of the molecule is CS(=O)(=O)C1CCCC(N2CCC(N)c3ccccc32)C1. The van der Waals surface area contributed by atoms with E-state index >= 15 is 0 Å². The number of nitrogens with zero attached hydrogens (tertiary/aromatic N) is 1. The summed E-state index contributed by atoms with van der Waals surface area (Å²) in [6.45, 7) is 0.930. The first kappa shape index (κ1) is 14.9. The van der Waals surface area contributed by atoms with Gasteiger partial charge in [-0.05, 0) is 37.3 Å². The van der Waals surface area contributed by atoms with Gasteiger partial charge in [-0.15, -0.1) is 0 Å². The molecule has 0 saturated heterocycles. The summed E-state index contributed by atoms with van der Waals surface area (Å²) in [5, 5.41) is -0.181. The van der Waals surface area contributed by atoms with Gasteiger partial charge in [0.2, 0.25) is 0 Å². The summed E-state index contributed by atoms with van der Waals surface area (Å²) in [4.78, 5) is 2.40. The van der Waals surface area contributed by atoms with Crippen LogP contribution < -0.4 is 10.6 Å². The maximum atomic E-state index is 11.9. The number of nitrogens with two attached hydrogens (primary N) is 1. The fourth-order valence-corrected chi connectivity index (χ4v) is 4.95. The zero-order valence-electron chi connectivity index (χ0n) is 12.5. The maximum absolute atomic E-state index is 11.9. The van der Waals surface area contributed by atoms with Crippen molar-refractivity contribution in [3.8, 4) is 0 Å². The minimum absolute atomic E-state index is 0.103. The van der Waals surface area contributed by atoms with Gasteiger partial charge in [-0.2, -0.15) is 0 Å². The minimum Gasteiger partial charge on any atom is -0.368 e. The Morgan fingerprint density at radius 2 is 1.95 bits per heavy atom. The van der Waals surface area contributed by atoms with Gasteiger partial charge in [0.15, 0.2) is 0 Å². The molecule has 2 N–H and O–H groups in total. The van der Waals surface area contributed by atoms with E-state index in [0.29, 0.717) is 6.04 Å². The van der Waals surface area contributed by atoms with Crippen LogP contribution in [-0.4, -0.2) is 32.5 Å². The van der Waals surface area contributed by atoms with E-state index in [1.807, 2.05) is 12.1 Å². The molecule has 116 valence electrons. The van der Waals surface area contributed by atoms with E-state index in [2.05, 4.69) is 17.0 Å². The topological polar surface area (TPSA) is 63.4 Å². The smallest absolute Gasteiger partial charge is 0.150 e. The molecule has 1 fully saturated rings. The standard InChI is InChI=1S/C16H24N2O2S/c1-21(19,20)13-6-4-5-12(11-13)18-10-9-15(17)14-7-2-3-8-16(14)18/h2-3,7-8,12-13,15H,4-6,9-11,17H2,1H3. The highest BCUT2D eigenvalue weighted by atomic mass is 32.2. The molecule has 0 bridgehead atoms. The molecule has 1 aromatic rings. The predicted octanol–water partition coefficient (Wildman–Crippen LogP) is 2.25. The summed E-state index contributed by atoms with van der Waals surface area (Å²) in [5.41, 5.74) is 8.62. The second kappa shape index (κ2) is 5.61. The lowest BCUT2D eigenvalue weighted by Gasteiger charge is -2.43. The number of sulfone groups is 1. The van der Waals surface area contributed by atoms with Gasteiger partial charge in [-0.1, -0.05) is 24.6 Å². The van der Waals surface area contributed by atoms with E-state index in [4.69, 9.17) is 5.73 Å². The summed E-state index contributed by atoms with van der Waals surface area (Å²) in [6, 6.07) is 8.73. The number of hydrogen-bond acceptors (Lipinski definition) is 4. The quantitative estimate of drug-likeness (QED) is 0.910. The molecule has 1 aromatic carbocycles. The number of anilines is 1. The fourth-order valence-electron chi connectivity index (χ4n) is 3.79. The van der Waals surface area contributed by atoms with Crippen molar-refractivity contribution in [1.82, 2.24) is 0 Å². The lowest BCUT2D eigenvalue weighted by molar-refractivity contribution is 0.398. The molecule has 3 atom stereocenters. The van der Waals surface area contributed by atoms with Crippen LogP contribution in [0.25, 0.3) is 0 Å². The van der Waals surface area contributed by atoms with E-state index in [1.165, 1.54) is 17.5 Å². The van der Waals surface area contributed by atoms with Gasteiger partial charge in [-0.25, -0.2) is 8.42 Å². The zero-order valence-corrected chi connectivity index (χ0v) is 13.3. The highest BCUT2D eigenvalue weighted by Crippen LogP contribution is 2.37. The second-order valence-electron chi connectivity index (χ2n) is 6.42. The second-order valence-corrected chi connectivity index (χ2v) is 8.75. The normalized spacial score (nSPS) is 30.0. The van der Waals surface area contributed by atoms with Gasteiger partial charge in [0.25, 0.3) is 0 Å². The first-order valence-corrected chi connectivity index (χ1v) is 9.72. The molecule has 0 spiro atoms. The van der Waals surface area contributed by atoms with Gasteiger partial charge >= 0.3 is 0 Å². The highest BCUT2D eigenvalue weighted by Gasteiger charge is 2.34. The van der Waals surface area contributed by atoms with Crippen LogP contribution in [0.2, 0.25) is 0 Å². The Kier molecular flexibility index (Phi) is 3.97.